The molecule has 25 heavy (non-hydrogen) atoms. The molecular weight excluding hydrogens is 316 g/mol. The summed E-state index contributed by atoms with van der Waals surface area (Å²) < 4.78 is 10.8. The maximum absolute atomic E-state index is 5.59. The minimum atomic E-state index is 0.416. The summed E-state index contributed by atoms with van der Waals surface area (Å²) in [6.07, 6.45) is 5.04. The fraction of sp³-hybridized carbons (Fsp3) is 0.579. The zero-order chi connectivity index (χ0) is 17.3. The Morgan fingerprint density at radius 3 is 2.56 bits per heavy atom. The van der Waals surface area contributed by atoms with Crippen molar-refractivity contribution in [3.8, 4) is 17.1 Å². The second-order valence-corrected chi connectivity index (χ2v) is 7.46. The highest BCUT2D eigenvalue weighted by Gasteiger charge is 2.39. The monoisotopic (exact) mass is 342 g/mol. The summed E-state index contributed by atoms with van der Waals surface area (Å²) in [6, 6.07) is 8.41. The lowest BCUT2D eigenvalue weighted by Gasteiger charge is -2.46. The van der Waals surface area contributed by atoms with Gasteiger partial charge in [-0.2, -0.15) is 4.98 Å². The SMILES string of the molecule is COc1ccc(-c2noc(N3CCCC4(CCN(C)CC4)C3)n2)cc1. The molecule has 6 heteroatoms. The number of nitrogens with zero attached hydrogens (tertiary/aromatic N) is 4. The van der Waals surface area contributed by atoms with Crippen molar-refractivity contribution in [2.24, 2.45) is 5.41 Å². The summed E-state index contributed by atoms with van der Waals surface area (Å²) in [5.74, 6) is 1.47. The number of aromatic nitrogens is 2. The lowest BCUT2D eigenvalue weighted by atomic mass is 9.72. The second kappa shape index (κ2) is 6.67. The lowest BCUT2D eigenvalue weighted by Crippen LogP contribution is -2.49. The molecule has 2 fully saturated rings. The number of piperidine rings is 2. The molecule has 2 aliphatic rings. The first kappa shape index (κ1) is 16.4. The third-order valence-corrected chi connectivity index (χ3v) is 5.74. The van der Waals surface area contributed by atoms with Gasteiger partial charge in [-0.05, 0) is 75.5 Å². The normalized spacial score (nSPS) is 20.8. The van der Waals surface area contributed by atoms with Gasteiger partial charge in [0.05, 0.1) is 7.11 Å². The Morgan fingerprint density at radius 1 is 1.08 bits per heavy atom. The molecule has 0 saturated carbocycles. The molecule has 0 unspecified atom stereocenters. The van der Waals surface area contributed by atoms with Crippen LogP contribution in [0.2, 0.25) is 0 Å². The topological polar surface area (TPSA) is 54.6 Å². The molecule has 0 N–H and O–H groups in total. The molecule has 134 valence electrons. The van der Waals surface area contributed by atoms with E-state index in [9.17, 15) is 0 Å². The Morgan fingerprint density at radius 2 is 1.84 bits per heavy atom. The number of anilines is 1. The zero-order valence-electron chi connectivity index (χ0n) is 15.1. The molecule has 1 aromatic heterocycles. The van der Waals surface area contributed by atoms with Crippen LogP contribution in [0.1, 0.15) is 25.7 Å². The quantitative estimate of drug-likeness (QED) is 0.854. The van der Waals surface area contributed by atoms with E-state index in [1.165, 1.54) is 38.8 Å². The summed E-state index contributed by atoms with van der Waals surface area (Å²) in [6.45, 7) is 4.41. The number of methoxy groups -OCH3 is 1. The van der Waals surface area contributed by atoms with E-state index in [-0.39, 0.29) is 0 Å². The Balaban J connectivity index is 1.49. The highest BCUT2D eigenvalue weighted by molar-refractivity contribution is 5.57. The molecule has 2 saturated heterocycles. The Kier molecular flexibility index (Phi) is 4.37. The van der Waals surface area contributed by atoms with E-state index in [1.807, 2.05) is 24.3 Å². The average Bonchev–Trinajstić information content (AvgIpc) is 3.15. The lowest BCUT2D eigenvalue weighted by molar-refractivity contribution is 0.101. The smallest absolute Gasteiger partial charge is 0.324 e. The molecule has 0 amide bonds. The van der Waals surface area contributed by atoms with Crippen LogP contribution >= 0.6 is 0 Å². The predicted octanol–water partition coefficient (Wildman–Crippen LogP) is 3.06. The summed E-state index contributed by atoms with van der Waals surface area (Å²) in [5, 5.41) is 4.19. The van der Waals surface area contributed by atoms with Gasteiger partial charge >= 0.3 is 6.01 Å². The van der Waals surface area contributed by atoms with Gasteiger partial charge in [-0.25, -0.2) is 0 Å². The Labute approximate surface area is 148 Å². The van der Waals surface area contributed by atoms with Crippen molar-refractivity contribution in [3.05, 3.63) is 24.3 Å². The molecule has 2 aliphatic heterocycles. The minimum Gasteiger partial charge on any atom is -0.497 e. The van der Waals surface area contributed by atoms with E-state index >= 15 is 0 Å². The molecular formula is C19H26N4O2. The molecule has 0 atom stereocenters. The van der Waals surface area contributed by atoms with Gasteiger partial charge in [0.1, 0.15) is 5.75 Å². The largest absolute Gasteiger partial charge is 0.497 e. The van der Waals surface area contributed by atoms with Crippen LogP contribution in [-0.2, 0) is 0 Å². The van der Waals surface area contributed by atoms with Crippen LogP contribution in [0.3, 0.4) is 0 Å². The maximum atomic E-state index is 5.59. The van der Waals surface area contributed by atoms with E-state index in [0.717, 1.165) is 24.4 Å². The molecule has 0 bridgehead atoms. The van der Waals surface area contributed by atoms with E-state index in [2.05, 4.69) is 27.0 Å². The number of hydrogen-bond acceptors (Lipinski definition) is 6. The van der Waals surface area contributed by atoms with Crippen LogP contribution in [0.5, 0.6) is 5.75 Å². The molecule has 0 aliphatic carbocycles. The first-order valence-electron chi connectivity index (χ1n) is 9.09. The highest BCUT2D eigenvalue weighted by atomic mass is 16.5. The zero-order valence-corrected chi connectivity index (χ0v) is 15.1. The first-order valence-corrected chi connectivity index (χ1v) is 9.09. The van der Waals surface area contributed by atoms with Gasteiger partial charge < -0.3 is 19.1 Å². The van der Waals surface area contributed by atoms with Gasteiger partial charge in [0.15, 0.2) is 0 Å². The molecule has 6 nitrogen and oxygen atoms in total. The molecule has 0 radical (unpaired) electrons. The summed E-state index contributed by atoms with van der Waals surface area (Å²) in [4.78, 5) is 9.37. The summed E-state index contributed by atoms with van der Waals surface area (Å²) in [5.41, 5.74) is 1.36. The van der Waals surface area contributed by atoms with Crippen molar-refractivity contribution < 1.29 is 9.26 Å². The van der Waals surface area contributed by atoms with Crippen molar-refractivity contribution in [2.75, 3.05) is 45.2 Å². The fourth-order valence-electron chi connectivity index (χ4n) is 4.07. The Hall–Kier alpha value is -2.08. The molecule has 1 aromatic carbocycles. The fourth-order valence-corrected chi connectivity index (χ4v) is 4.07. The second-order valence-electron chi connectivity index (χ2n) is 7.46. The van der Waals surface area contributed by atoms with E-state index in [1.54, 1.807) is 7.11 Å². The Bertz CT molecular complexity index is 704. The number of benzene rings is 1. The molecule has 3 heterocycles. The predicted molar refractivity (Wildman–Crippen MR) is 96.9 cm³/mol. The summed E-state index contributed by atoms with van der Waals surface area (Å²) >= 11 is 0. The van der Waals surface area contributed by atoms with E-state index in [4.69, 9.17) is 9.26 Å². The van der Waals surface area contributed by atoms with Gasteiger partial charge in [0, 0.05) is 18.7 Å². The van der Waals surface area contributed by atoms with Gasteiger partial charge in [0.25, 0.3) is 0 Å². The minimum absolute atomic E-state index is 0.416. The number of likely N-dealkylation sites (tertiary alicyclic amines) is 1. The van der Waals surface area contributed by atoms with Crippen molar-refractivity contribution in [2.45, 2.75) is 25.7 Å². The number of ether oxygens (including phenoxy) is 1. The number of rotatable bonds is 3. The molecule has 2 aromatic rings. The van der Waals surface area contributed by atoms with Gasteiger partial charge in [-0.1, -0.05) is 5.16 Å². The van der Waals surface area contributed by atoms with Gasteiger partial charge in [0.2, 0.25) is 5.82 Å². The first-order chi connectivity index (χ1) is 12.2. The van der Waals surface area contributed by atoms with E-state index < -0.39 is 0 Å². The van der Waals surface area contributed by atoms with Gasteiger partial charge in [-0.15, -0.1) is 0 Å². The van der Waals surface area contributed by atoms with Crippen molar-refractivity contribution in [1.82, 2.24) is 15.0 Å². The molecule has 1 spiro atoms. The van der Waals surface area contributed by atoms with Crippen molar-refractivity contribution >= 4 is 6.01 Å². The average molecular weight is 342 g/mol. The van der Waals surface area contributed by atoms with Crippen LogP contribution in [0.4, 0.5) is 6.01 Å². The van der Waals surface area contributed by atoms with Crippen molar-refractivity contribution in [3.63, 3.8) is 0 Å². The maximum Gasteiger partial charge on any atom is 0.324 e. The third kappa shape index (κ3) is 3.35. The van der Waals surface area contributed by atoms with Crippen molar-refractivity contribution in [1.29, 1.82) is 0 Å². The van der Waals surface area contributed by atoms with Gasteiger partial charge in [-0.3, -0.25) is 0 Å². The van der Waals surface area contributed by atoms with Crippen LogP contribution in [0.25, 0.3) is 11.4 Å². The third-order valence-electron chi connectivity index (χ3n) is 5.74. The van der Waals surface area contributed by atoms with E-state index in [0.29, 0.717) is 17.3 Å². The van der Waals surface area contributed by atoms with Crippen LogP contribution in [0, 0.1) is 5.41 Å². The van der Waals surface area contributed by atoms with Crippen LogP contribution in [-0.4, -0.2) is 55.4 Å². The molecule has 4 rings (SSSR count). The van der Waals surface area contributed by atoms with Crippen LogP contribution in [0.15, 0.2) is 28.8 Å². The standard InChI is InChI=1S/C19H26N4O2/c1-22-12-9-19(10-13-22)8-3-11-23(14-19)18-20-17(21-25-18)15-4-6-16(24-2)7-5-15/h4-7H,3,8-14H2,1-2H3. The van der Waals surface area contributed by atoms with Crippen LogP contribution < -0.4 is 9.64 Å². The summed E-state index contributed by atoms with van der Waals surface area (Å²) in [7, 11) is 3.88. The number of hydrogen-bond donors (Lipinski definition) is 0. The highest BCUT2D eigenvalue weighted by Crippen LogP contribution is 2.40.